The quantitative estimate of drug-likeness (QED) is 0.664. The summed E-state index contributed by atoms with van der Waals surface area (Å²) in [6.07, 6.45) is 2.67. The van der Waals surface area contributed by atoms with Gasteiger partial charge in [0, 0.05) is 6.61 Å². The Morgan fingerprint density at radius 2 is 2.06 bits per heavy atom. The zero-order chi connectivity index (χ0) is 12.7. The molecule has 2 nitrogen and oxygen atoms in total. The van der Waals surface area contributed by atoms with E-state index in [1.807, 2.05) is 32.1 Å². The topological polar surface area (TPSA) is 18.5 Å². The van der Waals surface area contributed by atoms with Crippen molar-refractivity contribution in [3.8, 4) is 0 Å². The molecule has 0 amide bonds. The third-order valence-electron chi connectivity index (χ3n) is 2.82. The molecule has 1 aromatic rings. The molecule has 94 valence electrons. The molecular formula is C15H22O2. The fourth-order valence-electron chi connectivity index (χ4n) is 1.60. The fourth-order valence-corrected chi connectivity index (χ4v) is 1.60. The van der Waals surface area contributed by atoms with Crippen LogP contribution < -0.4 is 0 Å². The summed E-state index contributed by atoms with van der Waals surface area (Å²) in [5.41, 5.74) is 2.25. The van der Waals surface area contributed by atoms with Crippen LogP contribution in [0.5, 0.6) is 0 Å². The van der Waals surface area contributed by atoms with E-state index >= 15 is 0 Å². The number of hydrogen-bond acceptors (Lipinski definition) is 2. The minimum Gasteiger partial charge on any atom is -0.351 e. The Bertz CT molecular complexity index is 360. The van der Waals surface area contributed by atoms with Gasteiger partial charge >= 0.3 is 0 Å². The van der Waals surface area contributed by atoms with Gasteiger partial charge in [-0.1, -0.05) is 37.8 Å². The van der Waals surface area contributed by atoms with Crippen molar-refractivity contribution in [2.45, 2.75) is 39.6 Å². The van der Waals surface area contributed by atoms with Crippen LogP contribution in [0.4, 0.5) is 0 Å². The van der Waals surface area contributed by atoms with E-state index in [-0.39, 0.29) is 0 Å². The Hall–Kier alpha value is -1.12. The highest BCUT2D eigenvalue weighted by atomic mass is 16.7. The van der Waals surface area contributed by atoms with Crippen LogP contribution in [0.15, 0.2) is 30.8 Å². The summed E-state index contributed by atoms with van der Waals surface area (Å²) >= 11 is 0. The van der Waals surface area contributed by atoms with Crippen LogP contribution in [-0.4, -0.2) is 12.4 Å². The molecule has 0 saturated carbocycles. The Morgan fingerprint density at radius 3 is 2.65 bits per heavy atom. The van der Waals surface area contributed by atoms with Gasteiger partial charge in [-0.05, 0) is 37.5 Å². The van der Waals surface area contributed by atoms with E-state index in [0.717, 1.165) is 17.5 Å². The van der Waals surface area contributed by atoms with E-state index in [1.54, 1.807) is 0 Å². The standard InChI is InChI=1S/C15H22O2/c1-5-13-9-8-10-14(11-13)12-17-15(4,6-2)16-7-3/h5,8-11H,1,6-7,12H2,2-4H3. The van der Waals surface area contributed by atoms with Gasteiger partial charge in [0.25, 0.3) is 0 Å². The second-order valence-electron chi connectivity index (χ2n) is 4.16. The molecular weight excluding hydrogens is 212 g/mol. The number of ether oxygens (including phenoxy) is 2. The fraction of sp³-hybridized carbons (Fsp3) is 0.467. The van der Waals surface area contributed by atoms with Gasteiger partial charge in [0.15, 0.2) is 5.79 Å². The molecule has 1 atom stereocenters. The summed E-state index contributed by atoms with van der Waals surface area (Å²) < 4.78 is 11.5. The predicted octanol–water partition coefficient (Wildman–Crippen LogP) is 4.01. The summed E-state index contributed by atoms with van der Waals surface area (Å²) in [7, 11) is 0. The highest BCUT2D eigenvalue weighted by Crippen LogP contribution is 2.19. The first-order valence-electron chi connectivity index (χ1n) is 6.13. The first kappa shape index (κ1) is 13.9. The monoisotopic (exact) mass is 234 g/mol. The maximum Gasteiger partial charge on any atom is 0.165 e. The van der Waals surface area contributed by atoms with Crippen LogP contribution in [-0.2, 0) is 16.1 Å². The first-order valence-corrected chi connectivity index (χ1v) is 6.13. The molecule has 0 N–H and O–H groups in total. The zero-order valence-electron chi connectivity index (χ0n) is 11.0. The maximum atomic E-state index is 5.85. The lowest BCUT2D eigenvalue weighted by Gasteiger charge is -2.28. The molecule has 0 aliphatic carbocycles. The van der Waals surface area contributed by atoms with E-state index in [2.05, 4.69) is 25.6 Å². The second kappa shape index (κ2) is 6.58. The van der Waals surface area contributed by atoms with Gasteiger partial charge in [0.2, 0.25) is 0 Å². The van der Waals surface area contributed by atoms with Crippen LogP contribution in [0.2, 0.25) is 0 Å². The van der Waals surface area contributed by atoms with E-state index in [0.29, 0.717) is 13.2 Å². The molecule has 0 radical (unpaired) electrons. The molecule has 0 aliphatic heterocycles. The lowest BCUT2D eigenvalue weighted by Crippen LogP contribution is -2.31. The Kier molecular flexibility index (Phi) is 5.39. The van der Waals surface area contributed by atoms with Crippen molar-refractivity contribution in [2.24, 2.45) is 0 Å². The van der Waals surface area contributed by atoms with Gasteiger partial charge in [0.1, 0.15) is 0 Å². The third-order valence-corrected chi connectivity index (χ3v) is 2.82. The number of hydrogen-bond donors (Lipinski definition) is 0. The molecule has 0 saturated heterocycles. The smallest absolute Gasteiger partial charge is 0.165 e. The Balaban J connectivity index is 2.62. The molecule has 1 rings (SSSR count). The Labute approximate surface area is 104 Å². The van der Waals surface area contributed by atoms with Crippen LogP contribution in [0.25, 0.3) is 6.08 Å². The van der Waals surface area contributed by atoms with E-state index in [1.165, 1.54) is 0 Å². The van der Waals surface area contributed by atoms with Gasteiger partial charge in [-0.25, -0.2) is 0 Å². The van der Waals surface area contributed by atoms with Crippen molar-refractivity contribution in [3.63, 3.8) is 0 Å². The average Bonchev–Trinajstić information content (AvgIpc) is 2.37. The molecule has 17 heavy (non-hydrogen) atoms. The van der Waals surface area contributed by atoms with Crippen molar-refractivity contribution < 1.29 is 9.47 Å². The molecule has 0 bridgehead atoms. The van der Waals surface area contributed by atoms with Gasteiger partial charge in [-0.3, -0.25) is 0 Å². The predicted molar refractivity (Wildman–Crippen MR) is 71.6 cm³/mol. The molecule has 0 fully saturated rings. The molecule has 0 aliphatic rings. The van der Waals surface area contributed by atoms with Crippen LogP contribution in [0.1, 0.15) is 38.3 Å². The van der Waals surface area contributed by atoms with Crippen molar-refractivity contribution in [3.05, 3.63) is 42.0 Å². The van der Waals surface area contributed by atoms with Gasteiger partial charge in [-0.2, -0.15) is 0 Å². The van der Waals surface area contributed by atoms with Crippen molar-refractivity contribution in [1.29, 1.82) is 0 Å². The highest BCUT2D eigenvalue weighted by molar-refractivity contribution is 5.47. The summed E-state index contributed by atoms with van der Waals surface area (Å²) in [5, 5.41) is 0. The maximum absolute atomic E-state index is 5.85. The molecule has 2 heteroatoms. The van der Waals surface area contributed by atoms with Crippen LogP contribution in [0, 0.1) is 0 Å². The van der Waals surface area contributed by atoms with E-state index < -0.39 is 5.79 Å². The van der Waals surface area contributed by atoms with E-state index in [4.69, 9.17) is 9.47 Å². The minimum absolute atomic E-state index is 0.487. The SMILES string of the molecule is C=Cc1cccc(COC(C)(CC)OCC)c1. The molecule has 1 unspecified atom stereocenters. The lowest BCUT2D eigenvalue weighted by atomic mass is 10.1. The van der Waals surface area contributed by atoms with Crippen LogP contribution >= 0.6 is 0 Å². The normalized spacial score (nSPS) is 14.3. The largest absolute Gasteiger partial charge is 0.351 e. The molecule has 0 heterocycles. The molecule has 1 aromatic carbocycles. The minimum atomic E-state index is -0.487. The highest BCUT2D eigenvalue weighted by Gasteiger charge is 2.22. The summed E-state index contributed by atoms with van der Waals surface area (Å²) in [6.45, 7) is 11.0. The summed E-state index contributed by atoms with van der Waals surface area (Å²) in [6, 6.07) is 8.17. The second-order valence-corrected chi connectivity index (χ2v) is 4.16. The first-order chi connectivity index (χ1) is 8.13. The van der Waals surface area contributed by atoms with Gasteiger partial charge in [0.05, 0.1) is 6.61 Å². The number of benzene rings is 1. The number of rotatable bonds is 7. The lowest BCUT2D eigenvalue weighted by molar-refractivity contribution is -0.231. The van der Waals surface area contributed by atoms with Crippen LogP contribution in [0.3, 0.4) is 0 Å². The zero-order valence-corrected chi connectivity index (χ0v) is 11.0. The Morgan fingerprint density at radius 1 is 1.29 bits per heavy atom. The van der Waals surface area contributed by atoms with Crippen molar-refractivity contribution in [1.82, 2.24) is 0 Å². The average molecular weight is 234 g/mol. The van der Waals surface area contributed by atoms with Gasteiger partial charge in [-0.15, -0.1) is 0 Å². The van der Waals surface area contributed by atoms with Gasteiger partial charge < -0.3 is 9.47 Å². The van der Waals surface area contributed by atoms with Crippen molar-refractivity contribution in [2.75, 3.05) is 6.61 Å². The molecule has 0 spiro atoms. The van der Waals surface area contributed by atoms with E-state index in [9.17, 15) is 0 Å². The summed E-state index contributed by atoms with van der Waals surface area (Å²) in [5.74, 6) is -0.487. The van der Waals surface area contributed by atoms with Crippen molar-refractivity contribution >= 4 is 6.08 Å². The molecule has 0 aromatic heterocycles. The summed E-state index contributed by atoms with van der Waals surface area (Å²) in [4.78, 5) is 0. The third kappa shape index (κ3) is 4.33.